The molecule has 3 rings (SSSR count). The number of para-hydroxylation sites is 2. The standard InChI is InChI=1S/C18H17BN4OS/c1-11-7-8-14(19)9-13(11)10-20-23-17(24)12(2)25-18-21-15-5-3-4-6-16(15)22-18/h3-10,12H,1-2H3,(H,21,22)(H,23,24)/b20-10+. The van der Waals surface area contributed by atoms with Gasteiger partial charge < -0.3 is 4.98 Å². The quantitative estimate of drug-likeness (QED) is 0.322. The number of aromatic nitrogens is 2. The minimum absolute atomic E-state index is 0.191. The van der Waals surface area contributed by atoms with Crippen molar-refractivity contribution in [2.75, 3.05) is 0 Å². The average molecular weight is 348 g/mol. The lowest BCUT2D eigenvalue weighted by molar-refractivity contribution is -0.120. The highest BCUT2D eigenvalue weighted by molar-refractivity contribution is 8.00. The molecule has 0 aliphatic heterocycles. The number of nitrogens with one attached hydrogen (secondary N) is 2. The van der Waals surface area contributed by atoms with E-state index in [4.69, 9.17) is 7.85 Å². The number of aryl methyl sites for hydroxylation is 1. The van der Waals surface area contributed by atoms with Crippen LogP contribution in [0.5, 0.6) is 0 Å². The van der Waals surface area contributed by atoms with Crippen LogP contribution in [0.3, 0.4) is 0 Å². The molecule has 0 bridgehead atoms. The molecule has 0 aliphatic carbocycles. The number of carbonyl (C=O) groups excluding carboxylic acids is 1. The van der Waals surface area contributed by atoms with Gasteiger partial charge in [0, 0.05) is 0 Å². The van der Waals surface area contributed by atoms with Crippen LogP contribution in [-0.2, 0) is 4.79 Å². The number of aromatic amines is 1. The van der Waals surface area contributed by atoms with E-state index >= 15 is 0 Å². The lowest BCUT2D eigenvalue weighted by Crippen LogP contribution is -2.27. The molecule has 1 amide bonds. The van der Waals surface area contributed by atoms with Gasteiger partial charge in [0.1, 0.15) is 7.85 Å². The first-order valence-electron chi connectivity index (χ1n) is 7.83. The maximum absolute atomic E-state index is 12.2. The second kappa shape index (κ2) is 7.57. The van der Waals surface area contributed by atoms with Crippen LogP contribution in [0, 0.1) is 6.92 Å². The summed E-state index contributed by atoms with van der Waals surface area (Å²) in [5.41, 5.74) is 6.96. The van der Waals surface area contributed by atoms with Gasteiger partial charge in [-0.05, 0) is 37.1 Å². The Bertz CT molecular complexity index is 905. The predicted molar refractivity (Wildman–Crippen MR) is 104 cm³/mol. The van der Waals surface area contributed by atoms with Crippen LogP contribution in [0.2, 0.25) is 0 Å². The molecule has 0 saturated carbocycles. The van der Waals surface area contributed by atoms with E-state index in [2.05, 4.69) is 20.5 Å². The van der Waals surface area contributed by atoms with E-state index in [1.807, 2.05) is 56.3 Å². The highest BCUT2D eigenvalue weighted by Crippen LogP contribution is 2.23. The maximum Gasteiger partial charge on any atom is 0.253 e. The fraction of sp³-hybridized carbons (Fsp3) is 0.167. The number of hydrogen-bond acceptors (Lipinski definition) is 4. The van der Waals surface area contributed by atoms with Gasteiger partial charge in [0.15, 0.2) is 5.16 Å². The number of H-pyrrole nitrogens is 1. The topological polar surface area (TPSA) is 70.1 Å². The summed E-state index contributed by atoms with van der Waals surface area (Å²) in [4.78, 5) is 19.8. The predicted octanol–water partition coefficient (Wildman–Crippen LogP) is 2.30. The van der Waals surface area contributed by atoms with Crippen molar-refractivity contribution in [3.63, 3.8) is 0 Å². The fourth-order valence-corrected chi connectivity index (χ4v) is 3.08. The average Bonchev–Trinajstić information content (AvgIpc) is 3.00. The minimum atomic E-state index is -0.334. The number of hydrogen-bond donors (Lipinski definition) is 2. The molecule has 124 valence electrons. The Labute approximate surface area is 151 Å². The zero-order valence-electron chi connectivity index (χ0n) is 14.0. The molecule has 1 aromatic heterocycles. The molecule has 2 N–H and O–H groups in total. The summed E-state index contributed by atoms with van der Waals surface area (Å²) in [6.45, 7) is 3.77. The van der Waals surface area contributed by atoms with Crippen molar-refractivity contribution in [2.45, 2.75) is 24.3 Å². The Morgan fingerprint density at radius 2 is 2.16 bits per heavy atom. The van der Waals surface area contributed by atoms with E-state index in [0.717, 1.165) is 22.2 Å². The Hall–Kier alpha value is -2.54. The number of benzene rings is 2. The molecule has 2 radical (unpaired) electrons. The summed E-state index contributed by atoms with van der Waals surface area (Å²) < 4.78 is 0. The smallest absolute Gasteiger partial charge is 0.253 e. The molecule has 7 heteroatoms. The van der Waals surface area contributed by atoms with Crippen LogP contribution in [0.4, 0.5) is 0 Å². The zero-order chi connectivity index (χ0) is 17.8. The molecular formula is C18H17BN4OS. The molecule has 5 nitrogen and oxygen atoms in total. The third-order valence-corrected chi connectivity index (χ3v) is 4.69. The Morgan fingerprint density at radius 1 is 1.36 bits per heavy atom. The van der Waals surface area contributed by atoms with E-state index in [-0.39, 0.29) is 11.2 Å². The van der Waals surface area contributed by atoms with Gasteiger partial charge in [0.25, 0.3) is 5.91 Å². The number of carbonyl (C=O) groups is 1. The van der Waals surface area contributed by atoms with Crippen molar-refractivity contribution in [2.24, 2.45) is 5.10 Å². The number of rotatable bonds is 5. The third-order valence-electron chi connectivity index (χ3n) is 3.71. The van der Waals surface area contributed by atoms with Crippen LogP contribution in [0.15, 0.2) is 52.7 Å². The molecule has 0 fully saturated rings. The fourth-order valence-electron chi connectivity index (χ4n) is 2.26. The van der Waals surface area contributed by atoms with Crippen LogP contribution in [0.1, 0.15) is 18.1 Å². The van der Waals surface area contributed by atoms with Gasteiger partial charge in [-0.3, -0.25) is 4.79 Å². The molecule has 1 unspecified atom stereocenters. The SMILES string of the molecule is [B]c1ccc(C)c(/C=N/NC(=O)C(C)Sc2nc3ccccc3[nH]2)c1. The number of amides is 1. The molecule has 1 heterocycles. The van der Waals surface area contributed by atoms with Gasteiger partial charge in [0.05, 0.1) is 22.5 Å². The third kappa shape index (κ3) is 4.30. The van der Waals surface area contributed by atoms with Gasteiger partial charge in [0.2, 0.25) is 0 Å². The summed E-state index contributed by atoms with van der Waals surface area (Å²) in [6.07, 6.45) is 1.60. The van der Waals surface area contributed by atoms with Crippen LogP contribution in [0.25, 0.3) is 11.0 Å². The molecule has 25 heavy (non-hydrogen) atoms. The Balaban J connectivity index is 1.60. The second-order valence-electron chi connectivity index (χ2n) is 5.67. The van der Waals surface area contributed by atoms with Crippen LogP contribution in [-0.4, -0.2) is 35.2 Å². The molecule has 2 aromatic carbocycles. The summed E-state index contributed by atoms with van der Waals surface area (Å²) >= 11 is 1.36. The number of thioether (sulfide) groups is 1. The minimum Gasteiger partial charge on any atom is -0.333 e. The molecule has 0 aliphatic rings. The molecule has 1 atom stereocenters. The van der Waals surface area contributed by atoms with Crippen molar-refractivity contribution in [3.8, 4) is 0 Å². The molecule has 3 aromatic rings. The highest BCUT2D eigenvalue weighted by atomic mass is 32.2. The number of fused-ring (bicyclic) bond motifs is 1. The van der Waals surface area contributed by atoms with E-state index in [1.165, 1.54) is 11.8 Å². The van der Waals surface area contributed by atoms with Crippen molar-refractivity contribution in [3.05, 3.63) is 53.6 Å². The zero-order valence-corrected chi connectivity index (χ0v) is 14.8. The van der Waals surface area contributed by atoms with Gasteiger partial charge in [-0.1, -0.05) is 47.6 Å². The largest absolute Gasteiger partial charge is 0.333 e. The van der Waals surface area contributed by atoms with Gasteiger partial charge in [-0.15, -0.1) is 0 Å². The van der Waals surface area contributed by atoms with E-state index in [0.29, 0.717) is 10.6 Å². The molecule has 0 spiro atoms. The molecule has 0 saturated heterocycles. The summed E-state index contributed by atoms with van der Waals surface area (Å²) in [5.74, 6) is -0.191. The van der Waals surface area contributed by atoms with Crippen molar-refractivity contribution < 1.29 is 4.79 Å². The highest BCUT2D eigenvalue weighted by Gasteiger charge is 2.16. The van der Waals surface area contributed by atoms with Gasteiger partial charge in [-0.2, -0.15) is 5.10 Å². The first kappa shape index (κ1) is 17.3. The number of hydrazone groups is 1. The number of nitrogens with zero attached hydrogens (tertiary/aromatic N) is 2. The van der Waals surface area contributed by atoms with E-state index in [1.54, 1.807) is 6.21 Å². The Kier molecular flexibility index (Phi) is 5.24. The lowest BCUT2D eigenvalue weighted by Gasteiger charge is -2.07. The van der Waals surface area contributed by atoms with Crippen molar-refractivity contribution >= 4 is 48.2 Å². The van der Waals surface area contributed by atoms with Gasteiger partial charge >= 0.3 is 0 Å². The van der Waals surface area contributed by atoms with Crippen molar-refractivity contribution in [1.29, 1.82) is 0 Å². The summed E-state index contributed by atoms with van der Waals surface area (Å²) in [6, 6.07) is 13.3. The second-order valence-corrected chi connectivity index (χ2v) is 7.00. The maximum atomic E-state index is 12.2. The number of imidazole rings is 1. The summed E-state index contributed by atoms with van der Waals surface area (Å²) in [7, 11) is 5.76. The Morgan fingerprint density at radius 3 is 2.96 bits per heavy atom. The van der Waals surface area contributed by atoms with Crippen LogP contribution >= 0.6 is 11.8 Å². The lowest BCUT2D eigenvalue weighted by atomic mass is 9.93. The monoisotopic (exact) mass is 348 g/mol. The first-order chi connectivity index (χ1) is 12.0. The summed E-state index contributed by atoms with van der Waals surface area (Å²) in [5, 5.41) is 4.40. The van der Waals surface area contributed by atoms with E-state index in [9.17, 15) is 4.79 Å². The van der Waals surface area contributed by atoms with E-state index < -0.39 is 0 Å². The van der Waals surface area contributed by atoms with Gasteiger partial charge in [-0.25, -0.2) is 10.4 Å². The van der Waals surface area contributed by atoms with Crippen molar-refractivity contribution in [1.82, 2.24) is 15.4 Å². The normalized spacial score (nSPS) is 12.6. The first-order valence-corrected chi connectivity index (χ1v) is 8.71. The molecular weight excluding hydrogens is 331 g/mol. The van der Waals surface area contributed by atoms with Crippen LogP contribution < -0.4 is 10.9 Å².